The third-order valence-electron chi connectivity index (χ3n) is 4.34. The third-order valence-corrected chi connectivity index (χ3v) is 6.29. The number of hydrogen-bond acceptors (Lipinski definition) is 5. The van der Waals surface area contributed by atoms with Gasteiger partial charge in [0.2, 0.25) is 15.9 Å². The van der Waals surface area contributed by atoms with Gasteiger partial charge >= 0.3 is 0 Å². The molecule has 8 heteroatoms. The van der Waals surface area contributed by atoms with E-state index in [0.717, 1.165) is 27.1 Å². The van der Waals surface area contributed by atoms with E-state index in [0.29, 0.717) is 5.69 Å². The van der Waals surface area contributed by atoms with Gasteiger partial charge in [0.05, 0.1) is 20.7 Å². The molecule has 2 aromatic carbocycles. The average Bonchev–Trinajstić information content (AvgIpc) is 2.62. The first-order valence-electron chi connectivity index (χ1n) is 8.62. The lowest BCUT2D eigenvalue weighted by molar-refractivity contribution is -0.115. The Labute approximate surface area is 168 Å². The molecule has 146 valence electrons. The van der Waals surface area contributed by atoms with Crippen molar-refractivity contribution in [3.8, 4) is 0 Å². The van der Waals surface area contributed by atoms with Gasteiger partial charge in [-0.15, -0.1) is 0 Å². The second kappa shape index (κ2) is 7.90. The van der Waals surface area contributed by atoms with E-state index in [2.05, 4.69) is 5.32 Å². The molecule has 3 aromatic rings. The number of thioether (sulfide) groups is 1. The van der Waals surface area contributed by atoms with Gasteiger partial charge in [0.25, 0.3) is 0 Å². The summed E-state index contributed by atoms with van der Waals surface area (Å²) in [5, 5.41) is 9.37. The topological polar surface area (TPSA) is 102 Å². The number of nitrogens with zero attached hydrogens (tertiary/aromatic N) is 1. The second-order valence-electron chi connectivity index (χ2n) is 6.57. The Balaban J connectivity index is 1.74. The summed E-state index contributed by atoms with van der Waals surface area (Å²) in [7, 11) is -3.76. The molecule has 28 heavy (non-hydrogen) atoms. The van der Waals surface area contributed by atoms with Gasteiger partial charge in [-0.3, -0.25) is 4.79 Å². The van der Waals surface area contributed by atoms with Crippen molar-refractivity contribution in [2.75, 3.05) is 5.32 Å². The summed E-state index contributed by atoms with van der Waals surface area (Å²) < 4.78 is 22.6. The summed E-state index contributed by atoms with van der Waals surface area (Å²) in [5.41, 5.74) is 3.65. The second-order valence-corrected chi connectivity index (χ2v) is 9.49. The number of nitrogens with one attached hydrogen (secondary N) is 1. The predicted octanol–water partition coefficient (Wildman–Crippen LogP) is 3.62. The molecule has 0 radical (unpaired) electrons. The minimum atomic E-state index is -3.76. The van der Waals surface area contributed by atoms with E-state index < -0.39 is 10.0 Å². The number of benzene rings is 2. The summed E-state index contributed by atoms with van der Waals surface area (Å²) in [5.74, 6) is -0.197. The number of aryl methyl sites for hydroxylation is 2. The third kappa shape index (κ3) is 4.52. The molecule has 0 bridgehead atoms. The van der Waals surface area contributed by atoms with E-state index >= 15 is 0 Å². The van der Waals surface area contributed by atoms with Crippen LogP contribution < -0.4 is 10.5 Å². The fourth-order valence-electron chi connectivity index (χ4n) is 2.80. The zero-order valence-corrected chi connectivity index (χ0v) is 17.4. The number of anilines is 1. The number of fused-ring (bicyclic) bond motifs is 1. The number of rotatable bonds is 5. The molecular weight excluding hydrogens is 394 g/mol. The maximum Gasteiger partial charge on any atom is 0.238 e. The molecule has 0 aliphatic carbocycles. The Morgan fingerprint density at radius 1 is 1.11 bits per heavy atom. The zero-order chi connectivity index (χ0) is 20.5. The van der Waals surface area contributed by atoms with Gasteiger partial charge in [0, 0.05) is 11.1 Å². The maximum atomic E-state index is 12.5. The van der Waals surface area contributed by atoms with Gasteiger partial charge in [-0.05, 0) is 62.2 Å². The zero-order valence-electron chi connectivity index (χ0n) is 15.8. The number of carbonyl (C=O) groups is 1. The quantitative estimate of drug-likeness (QED) is 0.620. The minimum Gasteiger partial charge on any atom is -0.325 e. The standard InChI is InChI=1S/C20H21N3O3S2/c1-12-5-4-6-17-13(2)11-18(23-19(12)17)27-14(3)20(24)22-15-7-9-16(10-8-15)28(21,25)26/h4-11,14H,1-3H3,(H,22,24)(H2,21,25,26). The highest BCUT2D eigenvalue weighted by Crippen LogP contribution is 2.28. The van der Waals surface area contributed by atoms with Crippen LogP contribution in [0.1, 0.15) is 18.1 Å². The molecule has 0 fully saturated rings. The number of amides is 1. The van der Waals surface area contributed by atoms with E-state index in [-0.39, 0.29) is 16.1 Å². The van der Waals surface area contributed by atoms with Crippen LogP contribution in [-0.2, 0) is 14.8 Å². The van der Waals surface area contributed by atoms with Crippen molar-refractivity contribution in [3.63, 3.8) is 0 Å². The van der Waals surface area contributed by atoms with Crippen molar-refractivity contribution >= 4 is 44.3 Å². The van der Waals surface area contributed by atoms with Crippen LogP contribution in [0.5, 0.6) is 0 Å². The average molecular weight is 416 g/mol. The van der Waals surface area contributed by atoms with Gasteiger partial charge in [-0.1, -0.05) is 30.0 Å². The fraction of sp³-hybridized carbons (Fsp3) is 0.200. The monoisotopic (exact) mass is 415 g/mol. The Morgan fingerprint density at radius 2 is 1.79 bits per heavy atom. The number of aromatic nitrogens is 1. The van der Waals surface area contributed by atoms with Gasteiger partial charge in [-0.25, -0.2) is 18.5 Å². The van der Waals surface area contributed by atoms with Crippen molar-refractivity contribution in [2.45, 2.75) is 35.9 Å². The van der Waals surface area contributed by atoms with Crippen molar-refractivity contribution in [1.82, 2.24) is 4.98 Å². The highest BCUT2D eigenvalue weighted by molar-refractivity contribution is 8.00. The summed E-state index contributed by atoms with van der Waals surface area (Å²) in [6.07, 6.45) is 0. The molecular formula is C20H21N3O3S2. The first-order chi connectivity index (χ1) is 13.1. The van der Waals surface area contributed by atoms with E-state index in [1.54, 1.807) is 6.92 Å². The highest BCUT2D eigenvalue weighted by Gasteiger charge is 2.17. The summed E-state index contributed by atoms with van der Waals surface area (Å²) >= 11 is 1.38. The minimum absolute atomic E-state index is 0.000804. The van der Waals surface area contributed by atoms with Crippen molar-refractivity contribution in [3.05, 3.63) is 59.7 Å². The molecule has 1 aromatic heterocycles. The van der Waals surface area contributed by atoms with Crippen LogP contribution in [0.2, 0.25) is 0 Å². The Hall–Kier alpha value is -2.42. The molecule has 3 rings (SSSR count). The Bertz CT molecular complexity index is 1140. The lowest BCUT2D eigenvalue weighted by Gasteiger charge is -2.13. The van der Waals surface area contributed by atoms with Gasteiger partial charge in [0.1, 0.15) is 0 Å². The van der Waals surface area contributed by atoms with Crippen LogP contribution in [-0.4, -0.2) is 24.6 Å². The molecule has 0 saturated heterocycles. The van der Waals surface area contributed by atoms with Crippen molar-refractivity contribution < 1.29 is 13.2 Å². The largest absolute Gasteiger partial charge is 0.325 e. The van der Waals surface area contributed by atoms with Crippen LogP contribution in [0.4, 0.5) is 5.69 Å². The highest BCUT2D eigenvalue weighted by atomic mass is 32.2. The lowest BCUT2D eigenvalue weighted by atomic mass is 10.1. The molecule has 0 saturated carbocycles. The lowest BCUT2D eigenvalue weighted by Crippen LogP contribution is -2.22. The number of nitrogens with two attached hydrogens (primary N) is 1. The molecule has 0 aliphatic heterocycles. The fourth-order valence-corrected chi connectivity index (χ4v) is 4.23. The molecule has 1 heterocycles. The SMILES string of the molecule is Cc1cc(SC(C)C(=O)Nc2ccc(S(N)(=O)=O)cc2)nc2c(C)cccc12. The smallest absolute Gasteiger partial charge is 0.238 e. The Morgan fingerprint density at radius 3 is 2.43 bits per heavy atom. The molecule has 1 amide bonds. The molecule has 0 spiro atoms. The van der Waals surface area contributed by atoms with E-state index in [9.17, 15) is 13.2 Å². The normalized spacial score (nSPS) is 12.7. The van der Waals surface area contributed by atoms with Gasteiger partial charge < -0.3 is 5.32 Å². The number of pyridine rings is 1. The molecule has 6 nitrogen and oxygen atoms in total. The van der Waals surface area contributed by atoms with Crippen LogP contribution in [0.25, 0.3) is 10.9 Å². The number of carbonyl (C=O) groups excluding carboxylic acids is 1. The van der Waals surface area contributed by atoms with Crippen LogP contribution in [0.15, 0.2) is 58.5 Å². The van der Waals surface area contributed by atoms with Crippen molar-refractivity contribution in [1.29, 1.82) is 0 Å². The van der Waals surface area contributed by atoms with E-state index in [1.165, 1.54) is 36.0 Å². The summed E-state index contributed by atoms with van der Waals surface area (Å²) in [6.45, 7) is 5.85. The predicted molar refractivity (Wildman–Crippen MR) is 113 cm³/mol. The first kappa shape index (κ1) is 20.3. The molecule has 1 atom stereocenters. The number of hydrogen-bond donors (Lipinski definition) is 2. The first-order valence-corrected chi connectivity index (χ1v) is 11.0. The number of primary sulfonamides is 1. The van der Waals surface area contributed by atoms with E-state index in [4.69, 9.17) is 10.1 Å². The molecule has 1 unspecified atom stereocenters. The van der Waals surface area contributed by atoms with Gasteiger partial charge in [0.15, 0.2) is 0 Å². The molecule has 0 aliphatic rings. The van der Waals surface area contributed by atoms with E-state index in [1.807, 2.05) is 38.1 Å². The van der Waals surface area contributed by atoms with Crippen LogP contribution in [0, 0.1) is 13.8 Å². The van der Waals surface area contributed by atoms with Crippen LogP contribution in [0.3, 0.4) is 0 Å². The number of para-hydroxylation sites is 1. The number of sulfonamides is 1. The molecule has 3 N–H and O–H groups in total. The maximum absolute atomic E-state index is 12.5. The summed E-state index contributed by atoms with van der Waals surface area (Å²) in [4.78, 5) is 17.2. The van der Waals surface area contributed by atoms with Crippen molar-refractivity contribution in [2.24, 2.45) is 5.14 Å². The summed E-state index contributed by atoms with van der Waals surface area (Å²) in [6, 6.07) is 13.8. The Kier molecular flexibility index (Phi) is 5.74. The van der Waals surface area contributed by atoms with Gasteiger partial charge in [-0.2, -0.15) is 0 Å². The van der Waals surface area contributed by atoms with Crippen LogP contribution >= 0.6 is 11.8 Å².